The summed E-state index contributed by atoms with van der Waals surface area (Å²) in [7, 11) is 3.06. The summed E-state index contributed by atoms with van der Waals surface area (Å²) in [6.07, 6.45) is 0. The van der Waals surface area contributed by atoms with Crippen molar-refractivity contribution in [3.05, 3.63) is 0 Å². The molecule has 0 aliphatic heterocycles. The minimum Gasteiger partial charge on any atom is -0.359 e. The Bertz CT molecular complexity index is 138. The Kier molecular flexibility index (Phi) is 8.76. The molecule has 5 nitrogen and oxygen atoms in total. The van der Waals surface area contributed by atoms with Gasteiger partial charge in [-0.05, 0) is 6.92 Å². The maximum atomic E-state index is 11.1. The van der Waals surface area contributed by atoms with Crippen LogP contribution < -0.4 is 0 Å². The zero-order valence-electron chi connectivity index (χ0n) is 8.95. The highest BCUT2D eigenvalue weighted by atomic mass is 16.7. The van der Waals surface area contributed by atoms with Crippen LogP contribution in [0.15, 0.2) is 0 Å². The van der Waals surface area contributed by atoms with Gasteiger partial charge in [0, 0.05) is 14.2 Å². The first-order valence-corrected chi connectivity index (χ1v) is 4.36. The molecule has 0 heterocycles. The average Bonchev–Trinajstić information content (AvgIpc) is 2.15. The summed E-state index contributed by atoms with van der Waals surface area (Å²) in [5.74, 6) is -0.211. The molecule has 0 aliphatic carbocycles. The molecular formula is C9H18O5. The maximum absolute atomic E-state index is 11.1. The number of ketones is 1. The molecular weight excluding hydrogens is 188 g/mol. The predicted octanol–water partition coefficient (Wildman–Crippen LogP) is 0.433. The summed E-state index contributed by atoms with van der Waals surface area (Å²) in [6.45, 7) is 2.51. The van der Waals surface area contributed by atoms with Crippen LogP contribution in [0.25, 0.3) is 0 Å². The molecule has 14 heavy (non-hydrogen) atoms. The van der Waals surface area contributed by atoms with Crippen molar-refractivity contribution in [3.63, 3.8) is 0 Å². The molecule has 0 fully saturated rings. The van der Waals surface area contributed by atoms with Crippen LogP contribution in [0.3, 0.4) is 0 Å². The van der Waals surface area contributed by atoms with Gasteiger partial charge in [-0.3, -0.25) is 4.79 Å². The van der Waals surface area contributed by atoms with Crippen LogP contribution in [0.2, 0.25) is 0 Å². The number of hydrogen-bond donors (Lipinski definition) is 0. The van der Waals surface area contributed by atoms with Crippen molar-refractivity contribution in [1.29, 1.82) is 0 Å². The minimum atomic E-state index is -0.250. The number of carbonyl (C=O) groups is 1. The highest BCUT2D eigenvalue weighted by molar-refractivity contribution is 5.78. The number of Topliss-reactive ketones (excluding diaryl/α,β-unsaturated/α-hetero) is 1. The standard InChI is InChI=1S/C9H18O5/c1-8(10)9(4-13-6-11-2)5-14-7-12-3/h9H,4-7H2,1-3H3. The molecule has 0 unspecified atom stereocenters. The molecule has 0 saturated heterocycles. The van der Waals surface area contributed by atoms with E-state index in [9.17, 15) is 4.79 Å². The van der Waals surface area contributed by atoms with Crippen molar-refractivity contribution >= 4 is 5.78 Å². The summed E-state index contributed by atoms with van der Waals surface area (Å²) in [5.41, 5.74) is 0. The molecule has 84 valence electrons. The largest absolute Gasteiger partial charge is 0.359 e. The first-order chi connectivity index (χ1) is 6.72. The maximum Gasteiger partial charge on any atom is 0.146 e. The topological polar surface area (TPSA) is 54.0 Å². The summed E-state index contributed by atoms with van der Waals surface area (Å²) in [6, 6.07) is 0. The van der Waals surface area contributed by atoms with Crippen LogP contribution in [0.5, 0.6) is 0 Å². The molecule has 0 aromatic carbocycles. The highest BCUT2D eigenvalue weighted by Gasteiger charge is 2.14. The van der Waals surface area contributed by atoms with Crippen LogP contribution in [0.1, 0.15) is 6.92 Å². The molecule has 0 N–H and O–H groups in total. The van der Waals surface area contributed by atoms with E-state index in [1.165, 1.54) is 21.1 Å². The number of ether oxygens (including phenoxy) is 4. The molecule has 0 bridgehead atoms. The molecule has 5 heteroatoms. The summed E-state index contributed by atoms with van der Waals surface area (Å²) >= 11 is 0. The summed E-state index contributed by atoms with van der Waals surface area (Å²) < 4.78 is 19.5. The van der Waals surface area contributed by atoms with E-state index < -0.39 is 0 Å². The predicted molar refractivity (Wildman–Crippen MR) is 49.8 cm³/mol. The fraction of sp³-hybridized carbons (Fsp3) is 0.889. The van der Waals surface area contributed by atoms with E-state index in [1.807, 2.05) is 0 Å². The molecule has 0 amide bonds. The van der Waals surface area contributed by atoms with Gasteiger partial charge in [-0.2, -0.15) is 0 Å². The normalized spacial score (nSPS) is 10.9. The van der Waals surface area contributed by atoms with E-state index in [0.29, 0.717) is 13.2 Å². The molecule has 0 saturated carbocycles. The van der Waals surface area contributed by atoms with Gasteiger partial charge >= 0.3 is 0 Å². The zero-order valence-corrected chi connectivity index (χ0v) is 8.95. The Morgan fingerprint density at radius 3 is 1.79 bits per heavy atom. The van der Waals surface area contributed by atoms with E-state index in [2.05, 4.69) is 0 Å². The third-order valence-electron chi connectivity index (χ3n) is 1.62. The number of rotatable bonds is 9. The third kappa shape index (κ3) is 6.97. The minimum absolute atomic E-state index is 0.0391. The van der Waals surface area contributed by atoms with Crippen LogP contribution >= 0.6 is 0 Å². The van der Waals surface area contributed by atoms with Crippen molar-refractivity contribution in [2.45, 2.75) is 6.92 Å². The smallest absolute Gasteiger partial charge is 0.146 e. The molecule has 0 aliphatic rings. The first-order valence-electron chi connectivity index (χ1n) is 4.36. The summed E-state index contributed by atoms with van der Waals surface area (Å²) in [4.78, 5) is 11.1. The lowest BCUT2D eigenvalue weighted by Crippen LogP contribution is -2.24. The Balaban J connectivity index is 3.61. The average molecular weight is 206 g/mol. The number of methoxy groups -OCH3 is 2. The van der Waals surface area contributed by atoms with E-state index in [-0.39, 0.29) is 25.3 Å². The number of carbonyl (C=O) groups excluding carboxylic acids is 1. The highest BCUT2D eigenvalue weighted by Crippen LogP contribution is 2.00. The second-order valence-electron chi connectivity index (χ2n) is 2.86. The van der Waals surface area contributed by atoms with Crippen LogP contribution in [-0.4, -0.2) is 46.8 Å². The number of hydrogen-bond acceptors (Lipinski definition) is 5. The van der Waals surface area contributed by atoms with Gasteiger partial charge in [-0.15, -0.1) is 0 Å². The van der Waals surface area contributed by atoms with Crippen molar-refractivity contribution in [1.82, 2.24) is 0 Å². The molecule has 0 aromatic heterocycles. The van der Waals surface area contributed by atoms with E-state index in [0.717, 1.165) is 0 Å². The Hall–Kier alpha value is -0.490. The lowest BCUT2D eigenvalue weighted by atomic mass is 10.1. The van der Waals surface area contributed by atoms with E-state index in [1.54, 1.807) is 0 Å². The van der Waals surface area contributed by atoms with Crippen molar-refractivity contribution in [2.75, 3.05) is 41.0 Å². The summed E-state index contributed by atoms with van der Waals surface area (Å²) in [5, 5.41) is 0. The van der Waals surface area contributed by atoms with Crippen LogP contribution in [-0.2, 0) is 23.7 Å². The van der Waals surface area contributed by atoms with Crippen LogP contribution in [0.4, 0.5) is 0 Å². The van der Waals surface area contributed by atoms with Gasteiger partial charge in [0.25, 0.3) is 0 Å². The van der Waals surface area contributed by atoms with Gasteiger partial charge in [0.05, 0.1) is 19.1 Å². The second kappa shape index (κ2) is 9.08. The molecule has 0 radical (unpaired) electrons. The Morgan fingerprint density at radius 2 is 1.50 bits per heavy atom. The molecule has 0 aromatic rings. The van der Waals surface area contributed by atoms with Gasteiger partial charge < -0.3 is 18.9 Å². The quantitative estimate of drug-likeness (QED) is 0.404. The van der Waals surface area contributed by atoms with Gasteiger partial charge in [0.15, 0.2) is 0 Å². The van der Waals surface area contributed by atoms with Gasteiger partial charge in [-0.1, -0.05) is 0 Å². The van der Waals surface area contributed by atoms with Gasteiger partial charge in [0.1, 0.15) is 19.4 Å². The Labute approximate surface area is 84.3 Å². The Morgan fingerprint density at radius 1 is 1.07 bits per heavy atom. The zero-order chi connectivity index (χ0) is 10.8. The van der Waals surface area contributed by atoms with E-state index >= 15 is 0 Å². The third-order valence-corrected chi connectivity index (χ3v) is 1.62. The monoisotopic (exact) mass is 206 g/mol. The van der Waals surface area contributed by atoms with Crippen molar-refractivity contribution in [3.8, 4) is 0 Å². The van der Waals surface area contributed by atoms with Crippen LogP contribution in [0, 0.1) is 5.92 Å². The first kappa shape index (κ1) is 13.5. The second-order valence-corrected chi connectivity index (χ2v) is 2.86. The molecule has 0 rings (SSSR count). The SMILES string of the molecule is COCOCC(COCOC)C(C)=O. The lowest BCUT2D eigenvalue weighted by molar-refractivity contribution is -0.131. The van der Waals surface area contributed by atoms with Gasteiger partial charge in [0.2, 0.25) is 0 Å². The fourth-order valence-electron chi connectivity index (χ4n) is 0.830. The van der Waals surface area contributed by atoms with Gasteiger partial charge in [-0.25, -0.2) is 0 Å². The fourth-order valence-corrected chi connectivity index (χ4v) is 0.830. The molecule has 0 atom stereocenters. The van der Waals surface area contributed by atoms with Crippen molar-refractivity contribution < 1.29 is 23.7 Å². The molecule has 0 spiro atoms. The van der Waals surface area contributed by atoms with E-state index in [4.69, 9.17) is 18.9 Å². The van der Waals surface area contributed by atoms with Crippen molar-refractivity contribution in [2.24, 2.45) is 5.92 Å². The lowest BCUT2D eigenvalue weighted by Gasteiger charge is -2.13.